The summed E-state index contributed by atoms with van der Waals surface area (Å²) in [4.78, 5) is 38.5. The third-order valence-electron chi connectivity index (χ3n) is 13.7. The lowest BCUT2D eigenvalue weighted by Gasteiger charge is -2.18. The van der Waals surface area contributed by atoms with Gasteiger partial charge in [-0.3, -0.25) is 14.4 Å². The minimum Gasteiger partial charge on any atom is -0.462 e. The van der Waals surface area contributed by atoms with Crippen molar-refractivity contribution < 1.29 is 28.6 Å². The quantitative estimate of drug-likeness (QED) is 0.0261. The number of hydrogen-bond donors (Lipinski definition) is 0. The SMILES string of the molecule is CC/C=C\C/C=C\C/C=C\C/C=C\C/C=C\CCCCCCCCCCCC(=O)OCC(COC(=O)CCCCC/C=C\C/C=C\C/C=C\C/C=C\C/C=C\CC)OC(=O)CCCCCCCCCC/C=C\C/C=C\C/C=C\C/C=C\CC. The van der Waals surface area contributed by atoms with Gasteiger partial charge in [0.25, 0.3) is 0 Å². The Bertz CT molecular complexity index is 1890. The van der Waals surface area contributed by atoms with Crippen LogP contribution in [0.1, 0.15) is 278 Å². The van der Waals surface area contributed by atoms with Crippen molar-refractivity contribution in [1.29, 1.82) is 0 Å². The summed E-state index contributed by atoms with van der Waals surface area (Å²) in [6, 6.07) is 0. The van der Waals surface area contributed by atoms with Crippen molar-refractivity contribution in [3.05, 3.63) is 170 Å². The molecule has 0 bridgehead atoms. The van der Waals surface area contributed by atoms with Crippen LogP contribution in [0.5, 0.6) is 0 Å². The van der Waals surface area contributed by atoms with Crippen LogP contribution >= 0.6 is 0 Å². The van der Waals surface area contributed by atoms with E-state index in [0.717, 1.165) is 167 Å². The van der Waals surface area contributed by atoms with Gasteiger partial charge in [0.1, 0.15) is 13.2 Å². The molecule has 0 rings (SSSR count). The zero-order valence-corrected chi connectivity index (χ0v) is 53.4. The van der Waals surface area contributed by atoms with Crippen LogP contribution in [0.2, 0.25) is 0 Å². The summed E-state index contributed by atoms with van der Waals surface area (Å²) >= 11 is 0. The lowest BCUT2D eigenvalue weighted by Crippen LogP contribution is -2.30. The summed E-state index contributed by atoms with van der Waals surface area (Å²) in [6.45, 7) is 6.27. The van der Waals surface area contributed by atoms with Gasteiger partial charge in [0.05, 0.1) is 0 Å². The third-order valence-corrected chi connectivity index (χ3v) is 13.7. The van der Waals surface area contributed by atoms with Crippen LogP contribution in [-0.4, -0.2) is 37.2 Å². The van der Waals surface area contributed by atoms with Crippen molar-refractivity contribution in [3.8, 4) is 0 Å². The highest BCUT2D eigenvalue weighted by Crippen LogP contribution is 2.15. The van der Waals surface area contributed by atoms with E-state index in [-0.39, 0.29) is 31.1 Å². The van der Waals surface area contributed by atoms with E-state index in [1.165, 1.54) is 70.6 Å². The second-order valence-corrected chi connectivity index (χ2v) is 21.6. The van der Waals surface area contributed by atoms with Gasteiger partial charge in [0, 0.05) is 19.3 Å². The Hall–Kier alpha value is -5.23. The van der Waals surface area contributed by atoms with Crippen LogP contribution in [0.25, 0.3) is 0 Å². The van der Waals surface area contributed by atoms with Crippen LogP contribution in [0.15, 0.2) is 170 Å². The Balaban J connectivity index is 4.49. The maximum Gasteiger partial charge on any atom is 0.306 e. The molecule has 0 aromatic carbocycles. The van der Waals surface area contributed by atoms with Crippen molar-refractivity contribution in [2.45, 2.75) is 284 Å². The summed E-state index contributed by atoms with van der Waals surface area (Å²) in [5, 5.41) is 0. The van der Waals surface area contributed by atoms with Crippen molar-refractivity contribution >= 4 is 17.9 Å². The van der Waals surface area contributed by atoms with E-state index < -0.39 is 6.10 Å². The molecule has 0 radical (unpaired) electrons. The first kappa shape index (κ1) is 77.8. The number of unbranched alkanes of at least 4 members (excludes halogenated alkanes) is 20. The van der Waals surface area contributed by atoms with E-state index in [9.17, 15) is 14.4 Å². The number of allylic oxidation sites excluding steroid dienone is 28. The number of carbonyl (C=O) groups excluding carboxylic acids is 3. The molecule has 83 heavy (non-hydrogen) atoms. The summed E-state index contributed by atoms with van der Waals surface area (Å²) in [6.07, 6.45) is 102. The van der Waals surface area contributed by atoms with E-state index >= 15 is 0 Å². The van der Waals surface area contributed by atoms with Gasteiger partial charge in [-0.2, -0.15) is 0 Å². The van der Waals surface area contributed by atoms with E-state index in [1.807, 2.05) is 0 Å². The molecule has 0 aromatic heterocycles. The Morgan fingerprint density at radius 3 is 0.687 bits per heavy atom. The standard InChI is InChI=1S/C77H122O6/c1-4-7-10-13-16-19-22-25-28-31-34-36-37-38-39-41-43-46-49-52-55-58-61-64-67-70-76(79)82-73-74(72-81-75(78)69-66-63-60-57-54-51-48-45-42-33-30-27-24-21-18-15-12-9-6-3)83-77(80)71-68-65-62-59-56-53-50-47-44-40-35-32-29-26-23-20-17-14-11-8-5-2/h7-12,16-21,25-30,34-36,38-40,42,45,51,54,74H,4-6,13-15,22-24,31-33,37,41,43-44,46-50,52-53,55-73H2,1-3H3/b10-7-,11-8-,12-9-,19-16-,20-17-,21-18-,28-25-,29-26-,30-27-,36-34-,39-38-,40-35-,45-42-,54-51-. The summed E-state index contributed by atoms with van der Waals surface area (Å²) < 4.78 is 16.9. The predicted molar refractivity (Wildman–Crippen MR) is 361 cm³/mol. The summed E-state index contributed by atoms with van der Waals surface area (Å²) in [5.41, 5.74) is 0. The van der Waals surface area contributed by atoms with Gasteiger partial charge in [-0.1, -0.05) is 281 Å². The third kappa shape index (κ3) is 67.4. The zero-order chi connectivity index (χ0) is 59.9. The monoisotopic (exact) mass is 1140 g/mol. The fraction of sp³-hybridized carbons (Fsp3) is 0.597. The predicted octanol–water partition coefficient (Wildman–Crippen LogP) is 23.4. The first-order valence-corrected chi connectivity index (χ1v) is 33.6. The zero-order valence-electron chi connectivity index (χ0n) is 53.4. The molecule has 0 amide bonds. The number of hydrogen-bond acceptors (Lipinski definition) is 6. The maximum atomic E-state index is 13.0. The van der Waals surface area contributed by atoms with Crippen molar-refractivity contribution in [2.75, 3.05) is 13.2 Å². The number of rotatable bonds is 59. The van der Waals surface area contributed by atoms with Gasteiger partial charge in [0.2, 0.25) is 0 Å². The normalized spacial score (nSPS) is 13.2. The molecule has 6 nitrogen and oxygen atoms in total. The van der Waals surface area contributed by atoms with Gasteiger partial charge >= 0.3 is 17.9 Å². The fourth-order valence-corrected chi connectivity index (χ4v) is 8.78. The molecule has 0 fully saturated rings. The highest BCUT2D eigenvalue weighted by molar-refractivity contribution is 5.71. The van der Waals surface area contributed by atoms with Crippen LogP contribution in [-0.2, 0) is 28.6 Å². The van der Waals surface area contributed by atoms with Gasteiger partial charge < -0.3 is 14.2 Å². The highest BCUT2D eigenvalue weighted by Gasteiger charge is 2.19. The molecule has 0 saturated heterocycles. The first-order chi connectivity index (χ1) is 41.0. The molecule has 466 valence electrons. The average Bonchev–Trinajstić information content (AvgIpc) is 3.50. The van der Waals surface area contributed by atoms with E-state index in [2.05, 4.69) is 191 Å². The molecule has 0 saturated carbocycles. The molecule has 0 aliphatic rings. The van der Waals surface area contributed by atoms with Crippen molar-refractivity contribution in [2.24, 2.45) is 0 Å². The van der Waals surface area contributed by atoms with E-state index in [4.69, 9.17) is 14.2 Å². The second-order valence-electron chi connectivity index (χ2n) is 21.6. The topological polar surface area (TPSA) is 78.9 Å². The number of ether oxygens (including phenoxy) is 3. The fourth-order valence-electron chi connectivity index (χ4n) is 8.78. The maximum absolute atomic E-state index is 13.0. The second kappa shape index (κ2) is 69.3. The lowest BCUT2D eigenvalue weighted by molar-refractivity contribution is -0.167. The molecule has 1 unspecified atom stereocenters. The largest absolute Gasteiger partial charge is 0.462 e. The van der Waals surface area contributed by atoms with Gasteiger partial charge in [-0.05, 0) is 148 Å². The molecular formula is C77H122O6. The van der Waals surface area contributed by atoms with Gasteiger partial charge in [0.15, 0.2) is 6.10 Å². The molecule has 6 heteroatoms. The first-order valence-electron chi connectivity index (χ1n) is 33.6. The number of esters is 3. The van der Waals surface area contributed by atoms with Crippen LogP contribution in [0.4, 0.5) is 0 Å². The van der Waals surface area contributed by atoms with Crippen LogP contribution in [0.3, 0.4) is 0 Å². The molecule has 0 aromatic rings. The average molecular weight is 1140 g/mol. The molecular weight excluding hydrogens is 1020 g/mol. The smallest absolute Gasteiger partial charge is 0.306 e. The minimum absolute atomic E-state index is 0.103. The molecule has 0 aliphatic heterocycles. The van der Waals surface area contributed by atoms with Crippen molar-refractivity contribution in [3.63, 3.8) is 0 Å². The van der Waals surface area contributed by atoms with Gasteiger partial charge in [-0.15, -0.1) is 0 Å². The minimum atomic E-state index is -0.811. The number of carbonyl (C=O) groups is 3. The lowest BCUT2D eigenvalue weighted by atomic mass is 10.1. The van der Waals surface area contributed by atoms with E-state index in [1.54, 1.807) is 0 Å². The molecule has 0 spiro atoms. The molecule has 0 aliphatic carbocycles. The Labute approximate surface area is 511 Å². The van der Waals surface area contributed by atoms with Crippen LogP contribution in [0, 0.1) is 0 Å². The van der Waals surface area contributed by atoms with Crippen molar-refractivity contribution in [1.82, 2.24) is 0 Å². The van der Waals surface area contributed by atoms with E-state index in [0.29, 0.717) is 19.3 Å². The van der Waals surface area contributed by atoms with Crippen LogP contribution < -0.4 is 0 Å². The summed E-state index contributed by atoms with van der Waals surface area (Å²) in [5.74, 6) is -0.950. The molecule has 0 heterocycles. The Morgan fingerprint density at radius 2 is 0.434 bits per heavy atom. The molecule has 1 atom stereocenters. The Kier molecular flexibility index (Phi) is 64.9. The Morgan fingerprint density at radius 1 is 0.241 bits per heavy atom. The molecule has 0 N–H and O–H groups in total. The van der Waals surface area contributed by atoms with Gasteiger partial charge in [-0.25, -0.2) is 0 Å². The summed E-state index contributed by atoms with van der Waals surface area (Å²) in [7, 11) is 0. The highest BCUT2D eigenvalue weighted by atomic mass is 16.6.